The van der Waals surface area contributed by atoms with Gasteiger partial charge in [-0.1, -0.05) is 19.9 Å². The van der Waals surface area contributed by atoms with E-state index in [0.717, 1.165) is 25.9 Å². The first-order valence-electron chi connectivity index (χ1n) is 7.67. The molecule has 0 atom stereocenters. The summed E-state index contributed by atoms with van der Waals surface area (Å²) in [6, 6.07) is 7.25. The molecule has 3 N–H and O–H groups in total. The molecule has 7 heteroatoms. The molecule has 23 heavy (non-hydrogen) atoms. The second-order valence-corrected chi connectivity index (χ2v) is 5.83. The fourth-order valence-corrected chi connectivity index (χ4v) is 2.20. The van der Waals surface area contributed by atoms with Gasteiger partial charge in [0.1, 0.15) is 0 Å². The lowest BCUT2D eigenvalue weighted by molar-refractivity contribution is 0.147. The number of nitrogens with zero attached hydrogens (tertiary/aromatic N) is 2. The minimum atomic E-state index is -0.456. The SMILES string of the molecule is CC(C)COC(=O)Nc1cccc(N=C(N)N2CCCC2)c1.Cl. The zero-order valence-electron chi connectivity index (χ0n) is 13.6. The van der Waals surface area contributed by atoms with Crippen molar-refractivity contribution in [1.29, 1.82) is 0 Å². The van der Waals surface area contributed by atoms with Crippen molar-refractivity contribution in [1.82, 2.24) is 4.90 Å². The van der Waals surface area contributed by atoms with Gasteiger partial charge in [0.25, 0.3) is 0 Å². The molecule has 1 aliphatic rings. The van der Waals surface area contributed by atoms with Gasteiger partial charge in [-0.3, -0.25) is 5.32 Å². The number of halogens is 1. The average molecular weight is 341 g/mol. The third-order valence-electron chi connectivity index (χ3n) is 3.31. The van der Waals surface area contributed by atoms with Crippen LogP contribution >= 0.6 is 12.4 Å². The lowest BCUT2D eigenvalue weighted by Gasteiger charge is -2.15. The molecule has 0 unspecified atom stereocenters. The molecule has 1 saturated heterocycles. The fraction of sp³-hybridized carbons (Fsp3) is 0.500. The predicted octanol–water partition coefficient (Wildman–Crippen LogP) is 3.35. The Balaban J connectivity index is 0.00000264. The Morgan fingerprint density at radius 3 is 2.74 bits per heavy atom. The largest absolute Gasteiger partial charge is 0.449 e. The summed E-state index contributed by atoms with van der Waals surface area (Å²) in [7, 11) is 0. The lowest BCUT2D eigenvalue weighted by atomic mass is 10.2. The fourth-order valence-electron chi connectivity index (χ4n) is 2.20. The molecule has 1 aromatic carbocycles. The number of carbonyl (C=O) groups is 1. The van der Waals surface area contributed by atoms with Crippen molar-refractivity contribution >= 4 is 35.8 Å². The van der Waals surface area contributed by atoms with E-state index < -0.39 is 6.09 Å². The molecule has 1 amide bonds. The summed E-state index contributed by atoms with van der Waals surface area (Å²) >= 11 is 0. The van der Waals surface area contributed by atoms with E-state index in [0.29, 0.717) is 29.9 Å². The minimum Gasteiger partial charge on any atom is -0.449 e. The standard InChI is InChI=1S/C16H24N4O2.ClH/c1-12(2)11-22-16(21)19-14-7-5-6-13(10-14)18-15(17)20-8-3-4-9-20;/h5-7,10,12H,3-4,8-9,11H2,1-2H3,(H2,17,18)(H,19,21);1H. The molecule has 1 aromatic rings. The lowest BCUT2D eigenvalue weighted by Crippen LogP contribution is -2.34. The van der Waals surface area contributed by atoms with Crippen molar-refractivity contribution in [3.05, 3.63) is 24.3 Å². The molecule has 128 valence electrons. The quantitative estimate of drug-likeness (QED) is 0.650. The van der Waals surface area contributed by atoms with E-state index in [2.05, 4.69) is 15.2 Å². The van der Waals surface area contributed by atoms with Gasteiger partial charge >= 0.3 is 6.09 Å². The number of guanidine groups is 1. The topological polar surface area (TPSA) is 79.9 Å². The number of hydrogen-bond acceptors (Lipinski definition) is 3. The Morgan fingerprint density at radius 2 is 2.09 bits per heavy atom. The number of amides is 1. The average Bonchev–Trinajstić information content (AvgIpc) is 3.00. The summed E-state index contributed by atoms with van der Waals surface area (Å²) in [6.45, 7) is 6.28. The summed E-state index contributed by atoms with van der Waals surface area (Å²) in [5.41, 5.74) is 7.36. The van der Waals surface area contributed by atoms with Gasteiger partial charge in [-0.15, -0.1) is 12.4 Å². The molecule has 0 radical (unpaired) electrons. The third-order valence-corrected chi connectivity index (χ3v) is 3.31. The van der Waals surface area contributed by atoms with Crippen molar-refractivity contribution in [3.63, 3.8) is 0 Å². The Hall–Kier alpha value is -1.95. The van der Waals surface area contributed by atoms with Crippen LogP contribution in [0.4, 0.5) is 16.2 Å². The van der Waals surface area contributed by atoms with Crippen molar-refractivity contribution in [2.75, 3.05) is 25.0 Å². The van der Waals surface area contributed by atoms with Crippen LogP contribution in [0.2, 0.25) is 0 Å². The Morgan fingerprint density at radius 1 is 1.39 bits per heavy atom. The first kappa shape index (κ1) is 19.1. The van der Waals surface area contributed by atoms with E-state index in [9.17, 15) is 4.79 Å². The van der Waals surface area contributed by atoms with E-state index in [1.807, 2.05) is 26.0 Å². The third kappa shape index (κ3) is 6.36. The zero-order valence-corrected chi connectivity index (χ0v) is 14.4. The number of nitrogens with two attached hydrogens (primary N) is 1. The summed E-state index contributed by atoms with van der Waals surface area (Å²) < 4.78 is 5.09. The Labute approximate surface area is 143 Å². The van der Waals surface area contributed by atoms with Crippen molar-refractivity contribution in [2.45, 2.75) is 26.7 Å². The summed E-state index contributed by atoms with van der Waals surface area (Å²) in [4.78, 5) is 18.1. The molecule has 1 heterocycles. The van der Waals surface area contributed by atoms with Gasteiger partial charge in [0.05, 0.1) is 12.3 Å². The number of carbonyl (C=O) groups excluding carboxylic acids is 1. The van der Waals surface area contributed by atoms with Gasteiger partial charge < -0.3 is 15.4 Å². The molecule has 0 saturated carbocycles. The number of nitrogens with one attached hydrogen (secondary N) is 1. The van der Waals surface area contributed by atoms with Crippen LogP contribution in [0.25, 0.3) is 0 Å². The van der Waals surface area contributed by atoms with E-state index in [1.54, 1.807) is 12.1 Å². The number of aliphatic imine (C=N–C) groups is 1. The van der Waals surface area contributed by atoms with Gasteiger partial charge in [0.15, 0.2) is 5.96 Å². The van der Waals surface area contributed by atoms with Crippen LogP contribution in [0.5, 0.6) is 0 Å². The number of rotatable bonds is 4. The normalized spacial score (nSPS) is 14.6. The number of likely N-dealkylation sites (tertiary alicyclic amines) is 1. The molecular weight excluding hydrogens is 316 g/mol. The number of benzene rings is 1. The number of ether oxygens (including phenoxy) is 1. The number of hydrogen-bond donors (Lipinski definition) is 2. The van der Waals surface area contributed by atoms with E-state index in [-0.39, 0.29) is 12.4 Å². The van der Waals surface area contributed by atoms with Crippen LogP contribution in [-0.2, 0) is 4.74 Å². The van der Waals surface area contributed by atoms with E-state index >= 15 is 0 Å². The molecule has 2 rings (SSSR count). The first-order valence-corrected chi connectivity index (χ1v) is 7.67. The van der Waals surface area contributed by atoms with Crippen LogP contribution in [0, 0.1) is 5.92 Å². The highest BCUT2D eigenvalue weighted by atomic mass is 35.5. The maximum atomic E-state index is 11.7. The molecular formula is C16H25ClN4O2. The Bertz CT molecular complexity index is 543. The minimum absolute atomic E-state index is 0. The zero-order chi connectivity index (χ0) is 15.9. The number of anilines is 1. The molecule has 0 bridgehead atoms. The van der Waals surface area contributed by atoms with Gasteiger partial charge in [-0.05, 0) is 37.0 Å². The Kier molecular flexibility index (Phi) is 7.68. The molecule has 1 fully saturated rings. The van der Waals surface area contributed by atoms with Gasteiger partial charge in [-0.2, -0.15) is 0 Å². The molecule has 6 nitrogen and oxygen atoms in total. The molecule has 0 spiro atoms. The van der Waals surface area contributed by atoms with Crippen LogP contribution in [0.15, 0.2) is 29.3 Å². The van der Waals surface area contributed by atoms with Crippen LogP contribution in [0.3, 0.4) is 0 Å². The van der Waals surface area contributed by atoms with Gasteiger partial charge in [-0.25, -0.2) is 9.79 Å². The summed E-state index contributed by atoms with van der Waals surface area (Å²) in [6.07, 6.45) is 1.85. The monoisotopic (exact) mass is 340 g/mol. The van der Waals surface area contributed by atoms with E-state index in [1.165, 1.54) is 0 Å². The molecule has 0 aromatic heterocycles. The van der Waals surface area contributed by atoms with Crippen LogP contribution in [0.1, 0.15) is 26.7 Å². The highest BCUT2D eigenvalue weighted by molar-refractivity contribution is 5.86. The van der Waals surface area contributed by atoms with Crippen LogP contribution < -0.4 is 11.1 Å². The second-order valence-electron chi connectivity index (χ2n) is 5.83. The highest BCUT2D eigenvalue weighted by Gasteiger charge is 2.13. The van der Waals surface area contributed by atoms with Gasteiger partial charge in [0.2, 0.25) is 0 Å². The van der Waals surface area contributed by atoms with Gasteiger partial charge in [0, 0.05) is 18.8 Å². The van der Waals surface area contributed by atoms with Crippen molar-refractivity contribution in [3.8, 4) is 0 Å². The highest BCUT2D eigenvalue weighted by Crippen LogP contribution is 2.19. The summed E-state index contributed by atoms with van der Waals surface area (Å²) in [5, 5.41) is 2.70. The second kappa shape index (κ2) is 9.25. The summed E-state index contributed by atoms with van der Waals surface area (Å²) in [5.74, 6) is 0.832. The van der Waals surface area contributed by atoms with Crippen molar-refractivity contribution < 1.29 is 9.53 Å². The maximum Gasteiger partial charge on any atom is 0.411 e. The maximum absolute atomic E-state index is 11.7. The molecule has 1 aliphatic heterocycles. The predicted molar refractivity (Wildman–Crippen MR) is 95.6 cm³/mol. The van der Waals surface area contributed by atoms with Crippen molar-refractivity contribution in [2.24, 2.45) is 16.6 Å². The smallest absolute Gasteiger partial charge is 0.411 e. The molecule has 0 aliphatic carbocycles. The van der Waals surface area contributed by atoms with Crippen LogP contribution in [-0.4, -0.2) is 36.6 Å². The van der Waals surface area contributed by atoms with E-state index in [4.69, 9.17) is 10.5 Å². The first-order chi connectivity index (χ1) is 10.5.